The van der Waals surface area contributed by atoms with E-state index in [0.29, 0.717) is 0 Å². The fourth-order valence-electron chi connectivity index (χ4n) is 2.49. The Morgan fingerprint density at radius 1 is 1.23 bits per heavy atom. The minimum atomic E-state index is -5.14. The zero-order valence-electron chi connectivity index (χ0n) is 11.5. The lowest BCUT2D eigenvalue weighted by atomic mass is 9.93. The first-order valence-corrected chi connectivity index (χ1v) is 7.86. The van der Waals surface area contributed by atoms with Crippen molar-refractivity contribution in [2.24, 2.45) is 0 Å². The molecule has 0 spiro atoms. The Hall–Kier alpha value is -0.410. The fraction of sp³-hybridized carbons (Fsp3) is 1.00. The molecule has 1 heterocycles. The van der Waals surface area contributed by atoms with E-state index in [4.69, 9.17) is 5.11 Å². The summed E-state index contributed by atoms with van der Waals surface area (Å²) >= 11 is 0. The van der Waals surface area contributed by atoms with E-state index in [2.05, 4.69) is 4.18 Å². The van der Waals surface area contributed by atoms with Gasteiger partial charge in [-0.15, -0.1) is 0 Å². The summed E-state index contributed by atoms with van der Waals surface area (Å²) in [4.78, 5) is 0.255. The third-order valence-corrected chi connectivity index (χ3v) is 4.15. The molecule has 1 fully saturated rings. The zero-order chi connectivity index (χ0) is 17.1. The number of rotatable bonds is 7. The van der Waals surface area contributed by atoms with Gasteiger partial charge in [-0.25, -0.2) is 8.42 Å². The number of nitrogens with one attached hydrogen (secondary N) is 1. The summed E-state index contributed by atoms with van der Waals surface area (Å²) in [5.41, 5.74) is 0. The van der Waals surface area contributed by atoms with E-state index in [1.807, 2.05) is 0 Å². The number of hydrogen-bond acceptors (Lipinski definition) is 10. The minimum absolute atomic E-state index is 0.150. The Kier molecular flexibility index (Phi) is 7.07. The highest BCUT2D eigenvalue weighted by Gasteiger charge is 2.45. The summed E-state index contributed by atoms with van der Waals surface area (Å²) in [6.07, 6.45) is -7.59. The first kappa shape index (κ1) is 19.6. The van der Waals surface area contributed by atoms with Crippen molar-refractivity contribution < 1.29 is 52.7 Å². The highest BCUT2D eigenvalue weighted by Crippen LogP contribution is 2.08. The van der Waals surface area contributed by atoms with Crippen LogP contribution in [0.3, 0.4) is 0 Å². The van der Waals surface area contributed by atoms with Crippen LogP contribution in [-0.4, -0.2) is 106 Å². The smallest absolute Gasteiger partial charge is 0.218 e. The van der Waals surface area contributed by atoms with E-state index in [1.165, 1.54) is 0 Å². The number of aliphatic hydroxyl groups excluding tert-OH is 6. The zero-order valence-corrected chi connectivity index (χ0v) is 12.3. The quantitative estimate of drug-likeness (QED) is 0.172. The van der Waals surface area contributed by atoms with Crippen molar-refractivity contribution in [2.75, 3.05) is 26.3 Å². The Labute approximate surface area is 126 Å². The summed E-state index contributed by atoms with van der Waals surface area (Å²) in [5.74, 6) is 0. The molecule has 12 heteroatoms. The van der Waals surface area contributed by atoms with Crippen LogP contribution in [0.15, 0.2) is 0 Å². The lowest BCUT2D eigenvalue weighted by Gasteiger charge is -2.41. The van der Waals surface area contributed by atoms with Gasteiger partial charge < -0.3 is 40.1 Å². The van der Waals surface area contributed by atoms with Gasteiger partial charge in [-0.2, -0.15) is 0 Å². The predicted octanol–water partition coefficient (Wildman–Crippen LogP) is -6.47. The third-order valence-electron chi connectivity index (χ3n) is 3.67. The average Bonchev–Trinajstić information content (AvgIpc) is 2.41. The summed E-state index contributed by atoms with van der Waals surface area (Å²) in [7, 11) is -5.14. The van der Waals surface area contributed by atoms with Gasteiger partial charge in [0.1, 0.15) is 49.7 Å². The van der Waals surface area contributed by atoms with Crippen molar-refractivity contribution in [3.05, 3.63) is 0 Å². The third kappa shape index (κ3) is 5.06. The van der Waals surface area contributed by atoms with Gasteiger partial charge in [0.25, 0.3) is 0 Å². The molecule has 0 aromatic rings. The predicted molar refractivity (Wildman–Crippen MR) is 67.3 cm³/mol. The molecule has 1 saturated heterocycles. The molecule has 0 aliphatic carbocycles. The summed E-state index contributed by atoms with van der Waals surface area (Å²) in [6.45, 7) is -2.01. The molecule has 22 heavy (non-hydrogen) atoms. The van der Waals surface area contributed by atoms with Crippen molar-refractivity contribution in [1.82, 2.24) is 0 Å². The molecular formula is C10H21NO10S. The number of hydrogen-bond donors (Lipinski definition) is 7. The van der Waals surface area contributed by atoms with Crippen molar-refractivity contribution in [2.45, 2.75) is 36.6 Å². The van der Waals surface area contributed by atoms with Crippen LogP contribution in [0.25, 0.3) is 0 Å². The molecule has 0 aromatic carbocycles. The molecule has 0 aromatic heterocycles. The molecule has 1 aliphatic rings. The lowest BCUT2D eigenvalue weighted by Crippen LogP contribution is -3.21. The molecule has 132 valence electrons. The molecular weight excluding hydrogens is 326 g/mol. The maximum absolute atomic E-state index is 10.5. The second kappa shape index (κ2) is 7.92. The molecule has 1 unspecified atom stereocenters. The van der Waals surface area contributed by atoms with Gasteiger partial charge in [0.15, 0.2) is 0 Å². The molecule has 7 atom stereocenters. The van der Waals surface area contributed by atoms with Crippen LogP contribution in [0.5, 0.6) is 0 Å². The number of aliphatic hydroxyl groups is 6. The summed E-state index contributed by atoms with van der Waals surface area (Å²) in [6, 6.07) is -0.948. The van der Waals surface area contributed by atoms with Gasteiger partial charge in [0.05, 0.1) is 13.2 Å². The van der Waals surface area contributed by atoms with E-state index >= 15 is 0 Å². The van der Waals surface area contributed by atoms with Crippen molar-refractivity contribution >= 4 is 10.4 Å². The minimum Gasteiger partial charge on any atom is -0.726 e. The molecule has 1 rings (SSSR count). The van der Waals surface area contributed by atoms with Gasteiger partial charge in [0.2, 0.25) is 10.4 Å². The largest absolute Gasteiger partial charge is 0.726 e. The van der Waals surface area contributed by atoms with Crippen LogP contribution < -0.4 is 4.90 Å². The van der Waals surface area contributed by atoms with Crippen LogP contribution >= 0.6 is 0 Å². The molecule has 11 nitrogen and oxygen atoms in total. The Morgan fingerprint density at radius 3 is 2.27 bits per heavy atom. The van der Waals surface area contributed by atoms with Crippen molar-refractivity contribution in [1.29, 1.82) is 0 Å². The van der Waals surface area contributed by atoms with Crippen LogP contribution in [-0.2, 0) is 14.6 Å². The fourth-order valence-corrected chi connectivity index (χ4v) is 2.98. The molecule has 0 bridgehead atoms. The molecule has 0 amide bonds. The van der Waals surface area contributed by atoms with Crippen LogP contribution in [0, 0.1) is 0 Å². The van der Waals surface area contributed by atoms with E-state index in [-0.39, 0.29) is 18.0 Å². The maximum Gasteiger partial charge on any atom is 0.218 e. The SMILES string of the molecule is O=S(=O)([O-])O[C@@H](CO)[C@H](O)C[NH+]1C[C@H](O)[C@@H](O)[C@H](O)[C@H]1CO. The summed E-state index contributed by atoms with van der Waals surface area (Å²) < 4.78 is 35.5. The van der Waals surface area contributed by atoms with E-state index in [9.17, 15) is 38.5 Å². The number of likely N-dealkylation sites (tertiary alicyclic amines) is 1. The Bertz CT molecular complexity index is 445. The molecule has 7 N–H and O–H groups in total. The van der Waals surface area contributed by atoms with Crippen molar-refractivity contribution in [3.63, 3.8) is 0 Å². The van der Waals surface area contributed by atoms with Gasteiger partial charge in [-0.3, -0.25) is 4.18 Å². The van der Waals surface area contributed by atoms with Crippen molar-refractivity contribution in [3.8, 4) is 0 Å². The monoisotopic (exact) mass is 347 g/mol. The van der Waals surface area contributed by atoms with E-state index < -0.39 is 60.2 Å². The second-order valence-corrected chi connectivity index (χ2v) is 6.21. The first-order chi connectivity index (χ1) is 10.1. The maximum atomic E-state index is 10.5. The first-order valence-electron chi connectivity index (χ1n) is 6.53. The summed E-state index contributed by atoms with van der Waals surface area (Å²) in [5, 5.41) is 57.0. The number of quaternary nitrogens is 1. The lowest BCUT2D eigenvalue weighted by molar-refractivity contribution is -0.942. The van der Waals surface area contributed by atoms with E-state index in [0.717, 1.165) is 0 Å². The normalized spacial score (nSPS) is 36.0. The molecule has 0 saturated carbocycles. The van der Waals surface area contributed by atoms with Crippen LogP contribution in [0.4, 0.5) is 0 Å². The van der Waals surface area contributed by atoms with Gasteiger partial charge >= 0.3 is 0 Å². The highest BCUT2D eigenvalue weighted by atomic mass is 32.3. The van der Waals surface area contributed by atoms with E-state index in [1.54, 1.807) is 0 Å². The van der Waals surface area contributed by atoms with Crippen LogP contribution in [0.1, 0.15) is 0 Å². The van der Waals surface area contributed by atoms with Gasteiger partial charge in [-0.05, 0) is 0 Å². The highest BCUT2D eigenvalue weighted by molar-refractivity contribution is 7.80. The van der Waals surface area contributed by atoms with Crippen LogP contribution in [0.2, 0.25) is 0 Å². The molecule has 1 aliphatic heterocycles. The average molecular weight is 347 g/mol. The second-order valence-electron chi connectivity index (χ2n) is 5.20. The topological polar surface area (TPSA) is 192 Å². The van der Waals surface area contributed by atoms with Gasteiger partial charge in [-0.1, -0.05) is 0 Å². The Morgan fingerprint density at radius 2 is 1.82 bits per heavy atom. The standard InChI is InChI=1S/C10H21NO10S/c12-3-5-9(16)10(17)7(15)2-11(5)1-6(14)8(4-13)21-22(18,19)20/h5-10,12-17H,1-4H2,(H,18,19,20)/t5-,6-,7+,8+,9-,10-/m1/s1. The molecule has 0 radical (unpaired) electrons. The van der Waals surface area contributed by atoms with Gasteiger partial charge in [0, 0.05) is 0 Å². The number of piperidine rings is 1. The Balaban J connectivity index is 2.77.